The first-order chi connectivity index (χ1) is 19.0. The van der Waals surface area contributed by atoms with Crippen LogP contribution in [0.25, 0.3) is 21.8 Å². The van der Waals surface area contributed by atoms with Crippen LogP contribution in [0.1, 0.15) is 5.56 Å². The van der Waals surface area contributed by atoms with Crippen molar-refractivity contribution in [1.82, 2.24) is 15.3 Å². The molecule has 0 unspecified atom stereocenters. The molecule has 3 aromatic carbocycles. The van der Waals surface area contributed by atoms with Crippen molar-refractivity contribution in [3.63, 3.8) is 0 Å². The van der Waals surface area contributed by atoms with Crippen molar-refractivity contribution >= 4 is 44.9 Å². The average Bonchev–Trinajstić information content (AvgIpc) is 2.94. The fourth-order valence-electron chi connectivity index (χ4n) is 4.41. The van der Waals surface area contributed by atoms with Crippen molar-refractivity contribution in [1.29, 1.82) is 0 Å². The third-order valence-electron chi connectivity index (χ3n) is 6.29. The fraction of sp³-hybridized carbons (Fsp3) is 0.207. The topological polar surface area (TPSA) is 81.4 Å². The number of nitrogens with one attached hydrogen (secondary N) is 2. The zero-order valence-corrected chi connectivity index (χ0v) is 22.6. The Hall–Kier alpha value is -4.21. The molecule has 0 aliphatic rings. The molecule has 200 valence electrons. The molecular formula is C29H28ClFN5O3+. The summed E-state index contributed by atoms with van der Waals surface area (Å²) in [4.78, 5) is 8.71. The molecule has 0 radical (unpaired) electrons. The summed E-state index contributed by atoms with van der Waals surface area (Å²) in [5.41, 5.74) is 3.43. The molecule has 2 aromatic heterocycles. The molecule has 2 N–H and O–H groups in total. The molecule has 5 aromatic rings. The lowest BCUT2D eigenvalue weighted by atomic mass is 10.1. The molecule has 2 heterocycles. The molecule has 0 saturated heterocycles. The minimum absolute atomic E-state index is 0.0210. The number of methoxy groups -OCH3 is 2. The molecule has 0 aliphatic carbocycles. The quantitative estimate of drug-likeness (QED) is 0.180. The molecule has 0 aliphatic heterocycles. The van der Waals surface area contributed by atoms with E-state index in [9.17, 15) is 4.39 Å². The van der Waals surface area contributed by atoms with E-state index >= 15 is 0 Å². The third-order valence-corrected chi connectivity index (χ3v) is 6.58. The highest BCUT2D eigenvalue weighted by atomic mass is 35.5. The summed E-state index contributed by atoms with van der Waals surface area (Å²) >= 11 is 5.93. The van der Waals surface area contributed by atoms with Crippen LogP contribution >= 0.6 is 11.6 Å². The van der Waals surface area contributed by atoms with Gasteiger partial charge in [0.05, 0.1) is 30.1 Å². The number of ether oxygens (including phenoxy) is 3. The van der Waals surface area contributed by atoms with E-state index in [-0.39, 0.29) is 5.02 Å². The predicted octanol–water partition coefficient (Wildman–Crippen LogP) is 5.33. The number of hydrogen-bond acceptors (Lipinski definition) is 7. The van der Waals surface area contributed by atoms with E-state index in [2.05, 4.69) is 37.3 Å². The second-order valence-electron chi connectivity index (χ2n) is 8.88. The molecule has 0 atom stereocenters. The van der Waals surface area contributed by atoms with Gasteiger partial charge >= 0.3 is 0 Å². The average molecular weight is 549 g/mol. The Labute approximate surface area is 230 Å². The van der Waals surface area contributed by atoms with Crippen LogP contribution in [-0.2, 0) is 13.6 Å². The summed E-state index contributed by atoms with van der Waals surface area (Å²) in [5.74, 6) is 1.99. The first-order valence-corrected chi connectivity index (χ1v) is 12.7. The van der Waals surface area contributed by atoms with E-state index in [0.717, 1.165) is 27.6 Å². The van der Waals surface area contributed by atoms with Crippen LogP contribution in [0, 0.1) is 5.82 Å². The summed E-state index contributed by atoms with van der Waals surface area (Å²) in [7, 11) is 5.27. The summed E-state index contributed by atoms with van der Waals surface area (Å²) < 4.78 is 32.9. The van der Waals surface area contributed by atoms with Gasteiger partial charge in [0.25, 0.3) is 5.52 Å². The summed E-state index contributed by atoms with van der Waals surface area (Å²) in [5, 5.41) is 8.45. The Kier molecular flexibility index (Phi) is 7.90. The third kappa shape index (κ3) is 5.79. The van der Waals surface area contributed by atoms with Crippen molar-refractivity contribution in [3.05, 3.63) is 83.5 Å². The van der Waals surface area contributed by atoms with Gasteiger partial charge in [0, 0.05) is 36.3 Å². The highest BCUT2D eigenvalue weighted by Crippen LogP contribution is 2.35. The molecule has 10 heteroatoms. The van der Waals surface area contributed by atoms with Gasteiger partial charge in [-0.3, -0.25) is 0 Å². The van der Waals surface area contributed by atoms with Crippen molar-refractivity contribution < 1.29 is 23.2 Å². The van der Waals surface area contributed by atoms with E-state index in [1.165, 1.54) is 18.5 Å². The highest BCUT2D eigenvalue weighted by Gasteiger charge is 2.14. The Morgan fingerprint density at radius 3 is 2.62 bits per heavy atom. The lowest BCUT2D eigenvalue weighted by Gasteiger charge is -2.14. The predicted molar refractivity (Wildman–Crippen MR) is 150 cm³/mol. The molecule has 0 fully saturated rings. The van der Waals surface area contributed by atoms with E-state index in [1.807, 2.05) is 31.4 Å². The van der Waals surface area contributed by atoms with Crippen LogP contribution in [0.2, 0.25) is 5.02 Å². The van der Waals surface area contributed by atoms with Crippen LogP contribution in [0.15, 0.2) is 67.1 Å². The molecule has 8 nitrogen and oxygen atoms in total. The lowest BCUT2D eigenvalue weighted by Crippen LogP contribution is -2.28. The molecule has 0 bridgehead atoms. The van der Waals surface area contributed by atoms with Gasteiger partial charge in [-0.25, -0.2) is 14.4 Å². The first-order valence-electron chi connectivity index (χ1n) is 12.3. The molecular weight excluding hydrogens is 521 g/mol. The monoisotopic (exact) mass is 548 g/mol. The maximum atomic E-state index is 13.6. The van der Waals surface area contributed by atoms with E-state index in [0.29, 0.717) is 48.2 Å². The Morgan fingerprint density at radius 1 is 0.974 bits per heavy atom. The number of aromatic nitrogens is 3. The standard InChI is InChI=1S/C29H28ClFN5O3/c1-36-9-4-5-19-11-18(12-27(38-3)28(19)36)16-32-8-10-39-26-14-21-24(15-25(26)37-2)33-17-34-29(21)35-20-6-7-23(31)22(30)13-20/h4-7,9,11-15,17,32H,8,10,16H2,1-3H3,(H,33,34,35)/q+1. The number of nitrogens with zero attached hydrogens (tertiary/aromatic N) is 3. The number of hydrogen-bond donors (Lipinski definition) is 2. The number of aryl methyl sites for hydroxylation is 1. The van der Waals surface area contributed by atoms with Gasteiger partial charge in [-0.1, -0.05) is 11.6 Å². The first kappa shape index (κ1) is 26.4. The molecule has 0 amide bonds. The summed E-state index contributed by atoms with van der Waals surface area (Å²) in [6.07, 6.45) is 3.45. The smallest absolute Gasteiger partial charge is 0.254 e. The van der Waals surface area contributed by atoms with Crippen molar-refractivity contribution in [2.24, 2.45) is 7.05 Å². The maximum Gasteiger partial charge on any atom is 0.254 e. The molecule has 0 saturated carbocycles. The second-order valence-corrected chi connectivity index (χ2v) is 9.28. The van der Waals surface area contributed by atoms with Crippen molar-refractivity contribution in [2.45, 2.75) is 6.54 Å². The summed E-state index contributed by atoms with van der Waals surface area (Å²) in [6.45, 7) is 1.67. The van der Waals surface area contributed by atoms with Gasteiger partial charge in [0.2, 0.25) is 0 Å². The second kappa shape index (κ2) is 11.7. The zero-order valence-electron chi connectivity index (χ0n) is 21.8. The van der Waals surface area contributed by atoms with Gasteiger partial charge in [-0.15, -0.1) is 0 Å². The maximum absolute atomic E-state index is 13.6. The van der Waals surface area contributed by atoms with Crippen molar-refractivity contribution in [3.8, 4) is 17.2 Å². The number of pyridine rings is 1. The highest BCUT2D eigenvalue weighted by molar-refractivity contribution is 6.31. The number of benzene rings is 3. The zero-order chi connectivity index (χ0) is 27.4. The minimum atomic E-state index is -0.488. The summed E-state index contributed by atoms with van der Waals surface area (Å²) in [6, 6.07) is 16.3. The Bertz CT molecular complexity index is 1650. The number of anilines is 2. The number of halogens is 2. The van der Waals surface area contributed by atoms with Crippen LogP contribution in [-0.4, -0.2) is 37.3 Å². The van der Waals surface area contributed by atoms with Gasteiger partial charge in [0.1, 0.15) is 31.6 Å². The SMILES string of the molecule is COc1cc2ncnc(Nc3ccc(F)c(Cl)c3)c2cc1OCCNCc1cc(OC)c2c(ccc[n+]2C)c1. The number of fused-ring (bicyclic) bond motifs is 2. The molecule has 5 rings (SSSR count). The molecule has 39 heavy (non-hydrogen) atoms. The normalized spacial score (nSPS) is 11.1. The number of rotatable bonds is 10. The lowest BCUT2D eigenvalue weighted by molar-refractivity contribution is -0.645. The van der Waals surface area contributed by atoms with Gasteiger partial charge < -0.3 is 24.8 Å². The molecule has 0 spiro atoms. The fourth-order valence-corrected chi connectivity index (χ4v) is 4.59. The largest absolute Gasteiger partial charge is 0.493 e. The van der Waals surface area contributed by atoms with Crippen LogP contribution in [0.3, 0.4) is 0 Å². The van der Waals surface area contributed by atoms with Gasteiger partial charge in [0.15, 0.2) is 23.4 Å². The Morgan fingerprint density at radius 2 is 1.82 bits per heavy atom. The van der Waals surface area contributed by atoms with E-state index in [1.54, 1.807) is 26.4 Å². The van der Waals surface area contributed by atoms with E-state index < -0.39 is 5.82 Å². The minimum Gasteiger partial charge on any atom is -0.493 e. The van der Waals surface area contributed by atoms with Crippen LogP contribution in [0.4, 0.5) is 15.9 Å². The Balaban J connectivity index is 1.27. The van der Waals surface area contributed by atoms with Crippen molar-refractivity contribution in [2.75, 3.05) is 32.7 Å². The van der Waals surface area contributed by atoms with Gasteiger partial charge in [-0.05, 0) is 48.0 Å². The van der Waals surface area contributed by atoms with E-state index in [4.69, 9.17) is 25.8 Å². The van der Waals surface area contributed by atoms with Crippen LogP contribution < -0.4 is 29.4 Å². The van der Waals surface area contributed by atoms with Gasteiger partial charge in [-0.2, -0.15) is 4.57 Å². The van der Waals surface area contributed by atoms with Crippen LogP contribution in [0.5, 0.6) is 17.2 Å².